The molecule has 3 amide bonds. The van der Waals surface area contributed by atoms with Gasteiger partial charge in [-0.25, -0.2) is 9.48 Å². The fraction of sp³-hybridized carbons (Fsp3) is 0.370. The van der Waals surface area contributed by atoms with E-state index in [9.17, 15) is 9.59 Å². The number of carbonyl (C=O) groups excluding carboxylic acids is 2. The van der Waals surface area contributed by atoms with Crippen LogP contribution in [0.1, 0.15) is 47.2 Å². The van der Waals surface area contributed by atoms with Crippen molar-refractivity contribution in [2.75, 3.05) is 23.8 Å². The molecule has 1 aromatic heterocycles. The molecule has 0 saturated carbocycles. The summed E-state index contributed by atoms with van der Waals surface area (Å²) < 4.78 is 7.32. The summed E-state index contributed by atoms with van der Waals surface area (Å²) in [6.45, 7) is 12.2. The Hall–Kier alpha value is -3.81. The van der Waals surface area contributed by atoms with E-state index in [4.69, 9.17) is 9.84 Å². The minimum atomic E-state index is -0.380. The van der Waals surface area contributed by atoms with E-state index in [-0.39, 0.29) is 29.9 Å². The molecule has 35 heavy (non-hydrogen) atoms. The summed E-state index contributed by atoms with van der Waals surface area (Å²) in [6, 6.07) is 18.2. The van der Waals surface area contributed by atoms with Gasteiger partial charge >= 0.3 is 6.03 Å². The molecule has 0 fully saturated rings. The highest BCUT2D eigenvalue weighted by Crippen LogP contribution is 2.27. The zero-order valence-electron chi connectivity index (χ0n) is 21.3. The summed E-state index contributed by atoms with van der Waals surface area (Å²) in [5.74, 6) is 0.819. The Morgan fingerprint density at radius 1 is 1.03 bits per heavy atom. The van der Waals surface area contributed by atoms with Crippen LogP contribution in [0.25, 0.3) is 5.69 Å². The Morgan fingerprint density at radius 2 is 1.69 bits per heavy atom. The van der Waals surface area contributed by atoms with Crippen LogP contribution in [-0.2, 0) is 10.2 Å². The molecule has 186 valence electrons. The molecule has 0 radical (unpaired) electrons. The lowest BCUT2D eigenvalue weighted by atomic mass is 9.92. The van der Waals surface area contributed by atoms with Crippen LogP contribution in [0.15, 0.2) is 60.7 Å². The lowest BCUT2D eigenvalue weighted by Crippen LogP contribution is -2.44. The highest BCUT2D eigenvalue weighted by atomic mass is 16.5. The predicted octanol–water partition coefficient (Wildman–Crippen LogP) is 5.45. The molecular formula is C27H35N5O3. The number of rotatable bonds is 8. The SMILES string of the molecule is CCOc1ccccc1NC(=O)N(CC(=O)Nc1cc(C(C)(C)C)nn1-c1ccccc1)C(C)C. The van der Waals surface area contributed by atoms with Gasteiger partial charge in [0.25, 0.3) is 0 Å². The molecular weight excluding hydrogens is 442 g/mol. The van der Waals surface area contributed by atoms with Gasteiger partial charge in [0, 0.05) is 17.5 Å². The standard InChI is InChI=1S/C27H35N5O3/c1-7-35-22-16-12-11-15-21(22)28-26(34)31(19(2)3)18-25(33)29-24-17-23(27(4,5)6)30-32(24)20-13-9-8-10-14-20/h8-17,19H,7,18H2,1-6H3,(H,28,34)(H,29,33). The normalized spacial score (nSPS) is 11.3. The van der Waals surface area contributed by atoms with E-state index < -0.39 is 0 Å². The van der Waals surface area contributed by atoms with Crippen molar-refractivity contribution in [3.8, 4) is 11.4 Å². The summed E-state index contributed by atoms with van der Waals surface area (Å²) in [6.07, 6.45) is 0. The van der Waals surface area contributed by atoms with Crippen molar-refractivity contribution >= 4 is 23.4 Å². The van der Waals surface area contributed by atoms with Crippen LogP contribution in [0.4, 0.5) is 16.3 Å². The molecule has 0 aliphatic heterocycles. The highest BCUT2D eigenvalue weighted by Gasteiger charge is 2.24. The van der Waals surface area contributed by atoms with Crippen molar-refractivity contribution in [2.24, 2.45) is 0 Å². The van der Waals surface area contributed by atoms with E-state index in [1.165, 1.54) is 4.90 Å². The van der Waals surface area contributed by atoms with E-state index in [0.29, 0.717) is 23.9 Å². The molecule has 0 spiro atoms. The van der Waals surface area contributed by atoms with Gasteiger partial charge < -0.3 is 20.3 Å². The Morgan fingerprint density at radius 3 is 2.31 bits per heavy atom. The van der Waals surface area contributed by atoms with Gasteiger partial charge in [-0.1, -0.05) is 51.1 Å². The summed E-state index contributed by atoms with van der Waals surface area (Å²) in [7, 11) is 0. The maximum absolute atomic E-state index is 13.1. The Labute approximate surface area is 207 Å². The Balaban J connectivity index is 1.79. The van der Waals surface area contributed by atoms with Gasteiger partial charge in [0.1, 0.15) is 18.1 Å². The molecule has 0 aliphatic rings. The second-order valence-electron chi connectivity index (χ2n) is 9.54. The first kappa shape index (κ1) is 25.8. The lowest BCUT2D eigenvalue weighted by molar-refractivity contribution is -0.117. The molecule has 3 aromatic rings. The summed E-state index contributed by atoms with van der Waals surface area (Å²) in [5, 5.41) is 10.6. The summed E-state index contributed by atoms with van der Waals surface area (Å²) in [5.41, 5.74) is 2.05. The zero-order chi connectivity index (χ0) is 25.6. The number of urea groups is 1. The van der Waals surface area contributed by atoms with Crippen LogP contribution < -0.4 is 15.4 Å². The number of para-hydroxylation sites is 3. The monoisotopic (exact) mass is 477 g/mol. The van der Waals surface area contributed by atoms with E-state index in [2.05, 4.69) is 31.4 Å². The van der Waals surface area contributed by atoms with Gasteiger partial charge in [-0.15, -0.1) is 0 Å². The topological polar surface area (TPSA) is 88.5 Å². The van der Waals surface area contributed by atoms with Gasteiger partial charge in [-0.05, 0) is 45.0 Å². The smallest absolute Gasteiger partial charge is 0.322 e. The van der Waals surface area contributed by atoms with E-state index in [1.54, 1.807) is 16.8 Å². The molecule has 0 aliphatic carbocycles. The number of carbonyl (C=O) groups is 2. The number of aromatic nitrogens is 2. The second-order valence-corrected chi connectivity index (χ2v) is 9.54. The van der Waals surface area contributed by atoms with E-state index in [1.807, 2.05) is 69.3 Å². The van der Waals surface area contributed by atoms with Crippen molar-refractivity contribution < 1.29 is 14.3 Å². The van der Waals surface area contributed by atoms with Crippen molar-refractivity contribution in [1.29, 1.82) is 0 Å². The molecule has 8 nitrogen and oxygen atoms in total. The largest absolute Gasteiger partial charge is 0.492 e. The predicted molar refractivity (Wildman–Crippen MR) is 139 cm³/mol. The minimum Gasteiger partial charge on any atom is -0.492 e. The summed E-state index contributed by atoms with van der Waals surface area (Å²) in [4.78, 5) is 27.7. The molecule has 0 saturated heterocycles. The van der Waals surface area contributed by atoms with Crippen LogP contribution in [0.5, 0.6) is 5.75 Å². The van der Waals surface area contributed by atoms with Gasteiger partial charge in [0.05, 0.1) is 23.7 Å². The van der Waals surface area contributed by atoms with Crippen LogP contribution in [0, 0.1) is 0 Å². The van der Waals surface area contributed by atoms with Gasteiger partial charge in [-0.3, -0.25) is 4.79 Å². The third-order valence-corrected chi connectivity index (χ3v) is 5.37. The molecule has 1 heterocycles. The maximum atomic E-state index is 13.1. The molecule has 2 N–H and O–H groups in total. The molecule has 0 bridgehead atoms. The van der Waals surface area contributed by atoms with Crippen molar-refractivity contribution in [2.45, 2.75) is 53.0 Å². The molecule has 0 atom stereocenters. The Kier molecular flexibility index (Phi) is 8.17. The third kappa shape index (κ3) is 6.62. The average Bonchev–Trinajstić information content (AvgIpc) is 3.23. The zero-order valence-corrected chi connectivity index (χ0v) is 21.3. The molecule has 0 unspecified atom stereocenters. The number of hydrogen-bond donors (Lipinski definition) is 2. The number of anilines is 2. The van der Waals surface area contributed by atoms with Gasteiger partial charge in [0.15, 0.2) is 0 Å². The number of nitrogens with zero attached hydrogens (tertiary/aromatic N) is 3. The number of nitrogens with one attached hydrogen (secondary N) is 2. The number of hydrogen-bond acceptors (Lipinski definition) is 4. The Bertz CT molecular complexity index is 1150. The number of benzene rings is 2. The van der Waals surface area contributed by atoms with Crippen molar-refractivity contribution in [3.05, 3.63) is 66.4 Å². The average molecular weight is 478 g/mol. The molecule has 2 aromatic carbocycles. The number of ether oxygens (including phenoxy) is 1. The van der Waals surface area contributed by atoms with Crippen LogP contribution in [-0.4, -0.2) is 45.8 Å². The van der Waals surface area contributed by atoms with Crippen LogP contribution >= 0.6 is 0 Å². The van der Waals surface area contributed by atoms with Crippen LogP contribution in [0.2, 0.25) is 0 Å². The van der Waals surface area contributed by atoms with Crippen molar-refractivity contribution in [3.63, 3.8) is 0 Å². The quantitative estimate of drug-likeness (QED) is 0.452. The highest BCUT2D eigenvalue weighted by molar-refractivity contribution is 5.97. The van der Waals surface area contributed by atoms with E-state index >= 15 is 0 Å². The molecule has 8 heteroatoms. The fourth-order valence-corrected chi connectivity index (χ4v) is 3.47. The minimum absolute atomic E-state index is 0.120. The summed E-state index contributed by atoms with van der Waals surface area (Å²) >= 11 is 0. The van der Waals surface area contributed by atoms with Crippen molar-refractivity contribution in [1.82, 2.24) is 14.7 Å². The third-order valence-electron chi connectivity index (χ3n) is 5.37. The van der Waals surface area contributed by atoms with Gasteiger partial charge in [0.2, 0.25) is 5.91 Å². The van der Waals surface area contributed by atoms with Gasteiger partial charge in [-0.2, -0.15) is 5.10 Å². The first-order valence-corrected chi connectivity index (χ1v) is 11.9. The maximum Gasteiger partial charge on any atom is 0.322 e. The second kappa shape index (κ2) is 11.1. The number of amides is 3. The fourth-order valence-electron chi connectivity index (χ4n) is 3.47. The lowest BCUT2D eigenvalue weighted by Gasteiger charge is -2.26. The first-order valence-electron chi connectivity index (χ1n) is 11.9. The molecule has 3 rings (SSSR count). The van der Waals surface area contributed by atoms with Crippen LogP contribution in [0.3, 0.4) is 0 Å². The first-order chi connectivity index (χ1) is 16.6. The van der Waals surface area contributed by atoms with E-state index in [0.717, 1.165) is 11.4 Å².